The Morgan fingerprint density at radius 3 is 1.36 bits per heavy atom. The zero-order valence-corrected chi connectivity index (χ0v) is 16.4. The van der Waals surface area contributed by atoms with E-state index in [4.69, 9.17) is 32.9 Å². The van der Waals surface area contributed by atoms with Crippen LogP contribution in [-0.2, 0) is 5.41 Å². The van der Waals surface area contributed by atoms with Crippen molar-refractivity contribution in [3.8, 4) is 11.4 Å². The van der Waals surface area contributed by atoms with Crippen molar-refractivity contribution in [3.05, 3.63) is 132 Å². The minimum Gasteiger partial charge on any atom is -0.313 e. The number of hydrogen-bond acceptors (Lipinski definition) is 0. The van der Waals surface area contributed by atoms with Gasteiger partial charge in [-0.3, -0.25) is 0 Å². The molecule has 0 bridgehead atoms. The molecular formula is C31H26N2. The van der Waals surface area contributed by atoms with Crippen LogP contribution in [0.1, 0.15) is 60.7 Å². The summed E-state index contributed by atoms with van der Waals surface area (Å²) in [4.78, 5) is 0. The van der Waals surface area contributed by atoms with Crippen LogP contribution in [0.15, 0.2) is 121 Å². The molecule has 0 saturated heterocycles. The summed E-state index contributed by atoms with van der Waals surface area (Å²) >= 11 is 0. The first-order valence-electron chi connectivity index (χ1n) is 22.3. The molecule has 0 atom stereocenters. The van der Waals surface area contributed by atoms with Gasteiger partial charge in [0.1, 0.15) is 0 Å². The van der Waals surface area contributed by atoms with Crippen LogP contribution in [0.4, 0.5) is 0 Å². The molecule has 0 fully saturated rings. The molecular weight excluding hydrogens is 400 g/mol. The molecule has 0 amide bonds. The summed E-state index contributed by atoms with van der Waals surface area (Å²) in [5.74, 6) is 0. The van der Waals surface area contributed by atoms with E-state index in [-0.39, 0.29) is 9.13 Å². The minimum absolute atomic E-state index is 0.271. The third-order valence-electron chi connectivity index (χ3n) is 4.85. The van der Waals surface area contributed by atoms with Gasteiger partial charge >= 0.3 is 0 Å². The number of para-hydroxylation sites is 4. The van der Waals surface area contributed by atoms with Gasteiger partial charge < -0.3 is 9.13 Å². The SMILES string of the molecule is [2H]c1c([2H])c([2H])c(-n2c(C(c3c([2H])c4c([2H])c([2H])c([2H])c([2H])c4n3-c3c([2H])c([2H])c([2H])c([2H])c3[2H])(C([2H])([2H])[2H])C([2H])([2H])[2H])c([2H])c3c([2H])c([2H])c([2H])c([2H])c32)c([2H])c1[2H]. The average molecular weight is 453 g/mol. The standard InChI is InChI=1S/C31H26N2/c1-31(2,29-21-23-13-9-11-19-27(23)32(29)25-15-5-3-6-16-25)30-22-24-14-10-12-20-28(24)33(30)26-17-7-4-8-18-26/h3-22H,1-2H3/i1D3,2D3,3D,4D,5D,6D,7D,8D,9D,10D,11D,12D,13D,14D,15D,16D,17D,18D,19D,20D,21D,22D. The van der Waals surface area contributed by atoms with Crippen LogP contribution in [0.5, 0.6) is 0 Å². The highest BCUT2D eigenvalue weighted by Gasteiger charge is 2.32. The van der Waals surface area contributed by atoms with Crippen molar-refractivity contribution in [3.63, 3.8) is 0 Å². The van der Waals surface area contributed by atoms with E-state index in [0.29, 0.717) is 0 Å². The van der Waals surface area contributed by atoms with E-state index in [9.17, 15) is 2.74 Å². The molecule has 160 valence electrons. The van der Waals surface area contributed by atoms with Gasteiger partial charge in [0.05, 0.1) is 38.4 Å². The van der Waals surface area contributed by atoms with Crippen LogP contribution in [0.25, 0.3) is 33.2 Å². The fourth-order valence-corrected chi connectivity index (χ4v) is 3.49. The quantitative estimate of drug-likeness (QED) is 0.257. The molecule has 2 aromatic heterocycles. The molecule has 0 aliphatic carbocycles. The lowest BCUT2D eigenvalue weighted by molar-refractivity contribution is 0.576. The first-order valence-corrected chi connectivity index (χ1v) is 9.34. The largest absolute Gasteiger partial charge is 0.313 e. The summed E-state index contributed by atoms with van der Waals surface area (Å²) in [6.07, 6.45) is 0. The van der Waals surface area contributed by atoms with Crippen LogP contribution >= 0.6 is 0 Å². The highest BCUT2D eigenvalue weighted by atomic mass is 15.0. The first kappa shape index (κ1) is 6.30. The van der Waals surface area contributed by atoms with Gasteiger partial charge in [-0.05, 0) is 62.0 Å². The van der Waals surface area contributed by atoms with Crippen molar-refractivity contribution >= 4 is 21.8 Å². The number of hydrogen-bond donors (Lipinski definition) is 0. The fourth-order valence-electron chi connectivity index (χ4n) is 3.49. The van der Waals surface area contributed by atoms with Crippen molar-refractivity contribution in [2.24, 2.45) is 0 Å². The van der Waals surface area contributed by atoms with Crippen molar-refractivity contribution in [1.29, 1.82) is 0 Å². The van der Waals surface area contributed by atoms with Crippen LogP contribution in [0, 0.1) is 0 Å². The normalized spacial score (nSPS) is 23.9. The molecule has 0 spiro atoms. The Morgan fingerprint density at radius 2 is 0.939 bits per heavy atom. The van der Waals surface area contributed by atoms with Crippen LogP contribution in [0.2, 0.25) is 0 Å². The molecule has 2 heterocycles. The van der Waals surface area contributed by atoms with Crippen molar-refractivity contribution in [2.75, 3.05) is 0 Å². The zero-order valence-electron chi connectivity index (χ0n) is 42.4. The monoisotopic (exact) mass is 452 g/mol. The summed E-state index contributed by atoms with van der Waals surface area (Å²) in [5.41, 5.74) is -11.3. The molecule has 0 aliphatic rings. The van der Waals surface area contributed by atoms with Gasteiger partial charge in [-0.1, -0.05) is 72.5 Å². The second-order valence-corrected chi connectivity index (χ2v) is 6.76. The van der Waals surface area contributed by atoms with Gasteiger partial charge in [0.25, 0.3) is 0 Å². The van der Waals surface area contributed by atoms with Gasteiger partial charge in [0, 0.05) is 47.2 Å². The highest BCUT2D eigenvalue weighted by molar-refractivity contribution is 5.86. The smallest absolute Gasteiger partial charge is 0.0649 e. The maximum atomic E-state index is 9.50. The highest BCUT2D eigenvalue weighted by Crippen LogP contribution is 2.40. The average Bonchev–Trinajstić information content (AvgIpc) is 3.61. The lowest BCUT2D eigenvalue weighted by Gasteiger charge is -2.29. The Balaban J connectivity index is 2.15. The van der Waals surface area contributed by atoms with E-state index < -0.39 is 185 Å². The van der Waals surface area contributed by atoms with E-state index in [1.54, 1.807) is 0 Å². The van der Waals surface area contributed by atoms with Gasteiger partial charge in [-0.15, -0.1) is 0 Å². The van der Waals surface area contributed by atoms with Crippen LogP contribution < -0.4 is 0 Å². The molecule has 33 heavy (non-hydrogen) atoms. The number of rotatable bonds is 4. The molecule has 0 saturated carbocycles. The molecule has 6 rings (SSSR count). The predicted octanol–water partition coefficient (Wildman–Crippen LogP) is 7.90. The first-order chi connectivity index (χ1) is 27.0. The topological polar surface area (TPSA) is 9.86 Å². The summed E-state index contributed by atoms with van der Waals surface area (Å²) in [6.45, 7) is -8.50. The molecule has 0 unspecified atom stereocenters. The molecule has 2 nitrogen and oxygen atoms in total. The Hall–Kier alpha value is -4.04. The molecule has 2 heteroatoms. The molecule has 4 aromatic carbocycles. The molecule has 6 aromatic rings. The number of fused-ring (bicyclic) bond motifs is 2. The summed E-state index contributed by atoms with van der Waals surface area (Å²) in [7, 11) is 0. The van der Waals surface area contributed by atoms with Crippen LogP contribution in [0.3, 0.4) is 0 Å². The number of benzene rings is 4. The Kier molecular flexibility index (Phi) is 1.44. The third-order valence-corrected chi connectivity index (χ3v) is 4.85. The van der Waals surface area contributed by atoms with Crippen LogP contribution in [-0.4, -0.2) is 9.13 Å². The minimum atomic E-state index is -4.25. The zero-order chi connectivity index (χ0) is 44.8. The maximum absolute atomic E-state index is 9.50. The summed E-state index contributed by atoms with van der Waals surface area (Å²) in [5, 5.41) is -1.87. The third kappa shape index (κ3) is 3.10. The second-order valence-electron chi connectivity index (χ2n) is 6.76. The Bertz CT molecular complexity index is 2610. The lowest BCUT2D eigenvalue weighted by atomic mass is 9.84. The van der Waals surface area contributed by atoms with E-state index in [2.05, 4.69) is 0 Å². The van der Waals surface area contributed by atoms with Gasteiger partial charge in [-0.2, -0.15) is 0 Å². The second kappa shape index (κ2) is 7.53. The number of aromatic nitrogens is 2. The lowest BCUT2D eigenvalue weighted by Crippen LogP contribution is -2.25. The maximum Gasteiger partial charge on any atom is 0.0649 e. The number of nitrogens with zero attached hydrogens (tertiary/aromatic N) is 2. The van der Waals surface area contributed by atoms with Gasteiger partial charge in [0.15, 0.2) is 0 Å². The van der Waals surface area contributed by atoms with Crippen molar-refractivity contribution in [2.45, 2.75) is 19.1 Å². The summed E-state index contributed by atoms with van der Waals surface area (Å²) in [6, 6.07) is -22.5. The van der Waals surface area contributed by atoms with Gasteiger partial charge in [-0.25, -0.2) is 0 Å². The van der Waals surface area contributed by atoms with E-state index >= 15 is 0 Å². The van der Waals surface area contributed by atoms with Crippen molar-refractivity contribution in [1.82, 2.24) is 9.13 Å². The molecule has 0 radical (unpaired) electrons. The molecule has 0 N–H and O–H groups in total. The Morgan fingerprint density at radius 1 is 0.545 bits per heavy atom. The van der Waals surface area contributed by atoms with E-state index in [0.717, 1.165) is 0 Å². The summed E-state index contributed by atoms with van der Waals surface area (Å²) < 4.78 is 229. The van der Waals surface area contributed by atoms with E-state index in [1.807, 2.05) is 0 Å². The van der Waals surface area contributed by atoms with Gasteiger partial charge in [0.2, 0.25) is 0 Å². The fraction of sp³-hybridized carbons (Fsp3) is 0.0968. The Labute approximate surface area is 230 Å². The van der Waals surface area contributed by atoms with E-state index in [1.165, 1.54) is 0 Å². The predicted molar refractivity (Wildman–Crippen MR) is 139 cm³/mol. The molecule has 0 aliphatic heterocycles. The van der Waals surface area contributed by atoms with Crippen molar-refractivity contribution < 1.29 is 35.6 Å².